The molecule has 1 fully saturated rings. The van der Waals surface area contributed by atoms with E-state index in [1.807, 2.05) is 4.90 Å². The molecule has 1 N–H and O–H groups in total. The number of aryl methyl sites for hydroxylation is 1. The molecule has 0 spiro atoms. The van der Waals surface area contributed by atoms with Crippen LogP contribution >= 0.6 is 0 Å². The fourth-order valence-corrected chi connectivity index (χ4v) is 3.65. The number of anilines is 1. The first-order valence-corrected chi connectivity index (χ1v) is 10.6. The molecule has 5 nitrogen and oxygen atoms in total. The second-order valence-corrected chi connectivity index (χ2v) is 7.66. The standard InChI is InChI=1S/C24H31N3O2/c1-3-4-5-12-25-23(28)20-9-7-10-21(18-20)24(29)27-15-13-26(14-16-27)22-11-6-8-19(2)17-22/h6-11,17-18H,3-5,12-16H2,1-2H3,(H,25,28). The van der Waals surface area contributed by atoms with Gasteiger partial charge in [0.2, 0.25) is 0 Å². The van der Waals surface area contributed by atoms with Crippen LogP contribution in [0.5, 0.6) is 0 Å². The van der Waals surface area contributed by atoms with Crippen molar-refractivity contribution in [2.75, 3.05) is 37.6 Å². The predicted octanol–water partition coefficient (Wildman–Crippen LogP) is 3.88. The maximum atomic E-state index is 12.9. The van der Waals surface area contributed by atoms with E-state index < -0.39 is 0 Å². The topological polar surface area (TPSA) is 52.7 Å². The Labute approximate surface area is 173 Å². The Bertz CT molecular complexity index is 842. The molecule has 2 aromatic rings. The van der Waals surface area contributed by atoms with Crippen molar-refractivity contribution in [3.63, 3.8) is 0 Å². The predicted molar refractivity (Wildman–Crippen MR) is 118 cm³/mol. The van der Waals surface area contributed by atoms with Crippen LogP contribution in [0.4, 0.5) is 5.69 Å². The molecule has 29 heavy (non-hydrogen) atoms. The zero-order chi connectivity index (χ0) is 20.6. The molecule has 0 bridgehead atoms. The van der Waals surface area contributed by atoms with Crippen molar-refractivity contribution in [1.29, 1.82) is 0 Å². The number of piperazine rings is 1. The van der Waals surface area contributed by atoms with E-state index in [4.69, 9.17) is 0 Å². The average Bonchev–Trinajstić information content (AvgIpc) is 2.76. The second kappa shape index (κ2) is 10.1. The molecule has 0 unspecified atom stereocenters. The Morgan fingerprint density at radius 1 is 0.931 bits per heavy atom. The number of carbonyl (C=O) groups is 2. The number of amides is 2. The fraction of sp³-hybridized carbons (Fsp3) is 0.417. The van der Waals surface area contributed by atoms with E-state index in [9.17, 15) is 9.59 Å². The average molecular weight is 394 g/mol. The molecule has 2 amide bonds. The van der Waals surface area contributed by atoms with Gasteiger partial charge in [0.05, 0.1) is 0 Å². The van der Waals surface area contributed by atoms with Crippen molar-refractivity contribution in [3.8, 4) is 0 Å². The molecule has 154 valence electrons. The smallest absolute Gasteiger partial charge is 0.253 e. The minimum absolute atomic E-state index is 0.00507. The Morgan fingerprint density at radius 3 is 2.38 bits per heavy atom. The Balaban J connectivity index is 1.57. The lowest BCUT2D eigenvalue weighted by atomic mass is 10.1. The Morgan fingerprint density at radius 2 is 1.66 bits per heavy atom. The van der Waals surface area contributed by atoms with E-state index in [0.717, 1.165) is 32.4 Å². The van der Waals surface area contributed by atoms with Gasteiger partial charge in [-0.15, -0.1) is 0 Å². The molecule has 0 aromatic heterocycles. The van der Waals surface area contributed by atoms with Gasteiger partial charge in [0.25, 0.3) is 11.8 Å². The number of unbranched alkanes of at least 4 members (excludes halogenated alkanes) is 2. The van der Waals surface area contributed by atoms with E-state index in [-0.39, 0.29) is 11.8 Å². The zero-order valence-electron chi connectivity index (χ0n) is 17.5. The summed E-state index contributed by atoms with van der Waals surface area (Å²) < 4.78 is 0. The van der Waals surface area contributed by atoms with Crippen LogP contribution in [-0.4, -0.2) is 49.4 Å². The van der Waals surface area contributed by atoms with Crippen LogP contribution in [0.2, 0.25) is 0 Å². The molecule has 0 saturated carbocycles. The lowest BCUT2D eigenvalue weighted by molar-refractivity contribution is 0.0747. The zero-order valence-corrected chi connectivity index (χ0v) is 17.5. The van der Waals surface area contributed by atoms with Gasteiger partial charge in [0, 0.05) is 49.5 Å². The van der Waals surface area contributed by atoms with Crippen molar-refractivity contribution >= 4 is 17.5 Å². The number of nitrogens with one attached hydrogen (secondary N) is 1. The van der Waals surface area contributed by atoms with E-state index in [2.05, 4.69) is 48.3 Å². The van der Waals surface area contributed by atoms with Gasteiger partial charge >= 0.3 is 0 Å². The largest absolute Gasteiger partial charge is 0.368 e. The molecule has 0 aliphatic carbocycles. The minimum Gasteiger partial charge on any atom is -0.368 e. The molecule has 2 aromatic carbocycles. The quantitative estimate of drug-likeness (QED) is 0.727. The van der Waals surface area contributed by atoms with Crippen LogP contribution in [0, 0.1) is 6.92 Å². The molecule has 1 aliphatic heterocycles. The number of hydrogen-bond donors (Lipinski definition) is 1. The fourth-order valence-electron chi connectivity index (χ4n) is 3.65. The van der Waals surface area contributed by atoms with Gasteiger partial charge in [-0.25, -0.2) is 0 Å². The number of rotatable bonds is 7. The lowest BCUT2D eigenvalue weighted by Gasteiger charge is -2.36. The van der Waals surface area contributed by atoms with Gasteiger partial charge in [-0.05, 0) is 49.2 Å². The number of benzene rings is 2. The van der Waals surface area contributed by atoms with E-state index in [1.165, 1.54) is 11.3 Å². The van der Waals surface area contributed by atoms with Crippen LogP contribution in [0.15, 0.2) is 48.5 Å². The summed E-state index contributed by atoms with van der Waals surface area (Å²) in [5, 5.41) is 2.94. The lowest BCUT2D eigenvalue weighted by Crippen LogP contribution is -2.48. The molecule has 1 aliphatic rings. The highest BCUT2D eigenvalue weighted by atomic mass is 16.2. The summed E-state index contributed by atoms with van der Waals surface area (Å²) in [5.74, 6) is -0.116. The highest BCUT2D eigenvalue weighted by Gasteiger charge is 2.23. The van der Waals surface area contributed by atoms with Crippen molar-refractivity contribution in [1.82, 2.24) is 10.2 Å². The van der Waals surface area contributed by atoms with Crippen LogP contribution in [-0.2, 0) is 0 Å². The summed E-state index contributed by atoms with van der Waals surface area (Å²) in [6, 6.07) is 15.5. The SMILES string of the molecule is CCCCCNC(=O)c1cccc(C(=O)N2CCN(c3cccc(C)c3)CC2)c1. The van der Waals surface area contributed by atoms with E-state index in [0.29, 0.717) is 30.8 Å². The van der Waals surface area contributed by atoms with Gasteiger partial charge in [-0.2, -0.15) is 0 Å². The van der Waals surface area contributed by atoms with Crippen LogP contribution in [0.3, 0.4) is 0 Å². The third-order valence-corrected chi connectivity index (χ3v) is 5.37. The summed E-state index contributed by atoms with van der Waals surface area (Å²) in [6.45, 7) is 7.89. The first-order valence-electron chi connectivity index (χ1n) is 10.6. The van der Waals surface area contributed by atoms with Crippen molar-refractivity contribution in [3.05, 3.63) is 65.2 Å². The third-order valence-electron chi connectivity index (χ3n) is 5.37. The van der Waals surface area contributed by atoms with Gasteiger partial charge in [0.15, 0.2) is 0 Å². The van der Waals surface area contributed by atoms with Crippen molar-refractivity contribution < 1.29 is 9.59 Å². The highest BCUT2D eigenvalue weighted by molar-refractivity contribution is 5.99. The van der Waals surface area contributed by atoms with Crippen LogP contribution < -0.4 is 10.2 Å². The molecule has 3 rings (SSSR count). The first kappa shape index (κ1) is 20.9. The highest BCUT2D eigenvalue weighted by Crippen LogP contribution is 2.19. The van der Waals surface area contributed by atoms with Gasteiger partial charge < -0.3 is 15.1 Å². The summed E-state index contributed by atoms with van der Waals surface area (Å²) in [6.07, 6.45) is 3.20. The van der Waals surface area contributed by atoms with Gasteiger partial charge in [0.1, 0.15) is 0 Å². The Kier molecular flexibility index (Phi) is 7.28. The molecule has 0 atom stereocenters. The van der Waals surface area contributed by atoms with E-state index in [1.54, 1.807) is 24.3 Å². The van der Waals surface area contributed by atoms with E-state index >= 15 is 0 Å². The monoisotopic (exact) mass is 393 g/mol. The summed E-state index contributed by atoms with van der Waals surface area (Å²) in [4.78, 5) is 29.5. The molecule has 1 heterocycles. The number of nitrogens with zero attached hydrogens (tertiary/aromatic N) is 2. The minimum atomic E-state index is -0.111. The van der Waals surface area contributed by atoms with Crippen molar-refractivity contribution in [2.24, 2.45) is 0 Å². The van der Waals surface area contributed by atoms with Crippen LogP contribution in [0.1, 0.15) is 52.5 Å². The molecule has 5 heteroatoms. The number of hydrogen-bond acceptors (Lipinski definition) is 3. The molecular weight excluding hydrogens is 362 g/mol. The Hall–Kier alpha value is -2.82. The first-order chi connectivity index (χ1) is 14.1. The number of carbonyl (C=O) groups excluding carboxylic acids is 2. The van der Waals surface area contributed by atoms with Crippen LogP contribution in [0.25, 0.3) is 0 Å². The summed E-state index contributed by atoms with van der Waals surface area (Å²) in [5.41, 5.74) is 3.57. The summed E-state index contributed by atoms with van der Waals surface area (Å²) >= 11 is 0. The second-order valence-electron chi connectivity index (χ2n) is 7.66. The normalized spacial score (nSPS) is 14.0. The summed E-state index contributed by atoms with van der Waals surface area (Å²) in [7, 11) is 0. The third kappa shape index (κ3) is 5.59. The maximum absolute atomic E-state index is 12.9. The van der Waals surface area contributed by atoms with Crippen molar-refractivity contribution in [2.45, 2.75) is 33.1 Å². The maximum Gasteiger partial charge on any atom is 0.253 e. The molecule has 0 radical (unpaired) electrons. The van der Waals surface area contributed by atoms with Gasteiger partial charge in [-0.3, -0.25) is 9.59 Å². The van der Waals surface area contributed by atoms with Gasteiger partial charge in [-0.1, -0.05) is 38.0 Å². The molecule has 1 saturated heterocycles. The molecular formula is C24H31N3O2.